The van der Waals surface area contributed by atoms with Gasteiger partial charge in [0.05, 0.1) is 0 Å². The summed E-state index contributed by atoms with van der Waals surface area (Å²) in [6.07, 6.45) is 7.35. The molecule has 0 aliphatic carbocycles. The summed E-state index contributed by atoms with van der Waals surface area (Å²) in [4.78, 5) is 9.56. The third kappa shape index (κ3) is 6.95. The van der Waals surface area contributed by atoms with Crippen LogP contribution >= 0.6 is 0 Å². The lowest BCUT2D eigenvalue weighted by atomic mass is 10.4. The van der Waals surface area contributed by atoms with Crippen LogP contribution < -0.4 is 0 Å². The van der Waals surface area contributed by atoms with Crippen molar-refractivity contribution in [2.45, 2.75) is 6.92 Å². The van der Waals surface area contributed by atoms with Crippen molar-refractivity contribution in [3.63, 3.8) is 0 Å². The zero-order valence-electron chi connectivity index (χ0n) is 5.41. The Balaban J connectivity index is 3.14. The van der Waals surface area contributed by atoms with Crippen LogP contribution in [-0.4, -0.2) is 13.1 Å². The quantitative estimate of drug-likeness (QED) is 0.322. The maximum absolute atomic E-state index is 9.56. The molecule has 0 aliphatic rings. The van der Waals surface area contributed by atoms with Crippen LogP contribution in [0.4, 0.5) is 0 Å². The van der Waals surface area contributed by atoms with E-state index in [1.165, 1.54) is 0 Å². The van der Waals surface area contributed by atoms with Crippen molar-refractivity contribution in [2.75, 3.05) is 6.61 Å². The molecule has 0 radical (unpaired) electrons. The Labute approximate surface area is 54.8 Å². The third-order valence-corrected chi connectivity index (χ3v) is 0.700. The van der Waals surface area contributed by atoms with E-state index in [1.807, 2.05) is 25.2 Å². The van der Waals surface area contributed by atoms with Crippen LogP contribution in [-0.2, 0) is 9.53 Å². The molecule has 0 atom stereocenters. The number of carbonyl (C=O) groups is 1. The summed E-state index contributed by atoms with van der Waals surface area (Å²) in [5.74, 6) is 0. The van der Waals surface area contributed by atoms with Crippen molar-refractivity contribution in [1.29, 1.82) is 0 Å². The molecule has 0 rings (SSSR count). The molecule has 0 aromatic carbocycles. The SMILES string of the molecule is CC=CC=CCOC=O. The van der Waals surface area contributed by atoms with E-state index in [0.29, 0.717) is 13.1 Å². The molecule has 0 aliphatic heterocycles. The van der Waals surface area contributed by atoms with Crippen LogP contribution in [0.3, 0.4) is 0 Å². The van der Waals surface area contributed by atoms with Gasteiger partial charge in [-0.05, 0) is 13.0 Å². The minimum absolute atomic E-state index is 0.355. The molecule has 9 heavy (non-hydrogen) atoms. The molecular formula is C7H10O2. The maximum atomic E-state index is 9.56. The van der Waals surface area contributed by atoms with Gasteiger partial charge in [-0.15, -0.1) is 0 Å². The summed E-state index contributed by atoms with van der Waals surface area (Å²) >= 11 is 0. The largest absolute Gasteiger partial charge is 0.464 e. The monoisotopic (exact) mass is 126 g/mol. The molecule has 0 heterocycles. The van der Waals surface area contributed by atoms with Crippen LogP contribution in [0.1, 0.15) is 6.92 Å². The van der Waals surface area contributed by atoms with Gasteiger partial charge in [0.1, 0.15) is 6.61 Å². The molecule has 0 spiro atoms. The molecule has 2 nitrogen and oxygen atoms in total. The van der Waals surface area contributed by atoms with Crippen LogP contribution in [0.25, 0.3) is 0 Å². The molecule has 0 saturated heterocycles. The second kappa shape index (κ2) is 6.95. The van der Waals surface area contributed by atoms with E-state index in [0.717, 1.165) is 0 Å². The number of rotatable bonds is 4. The van der Waals surface area contributed by atoms with Gasteiger partial charge in [0.15, 0.2) is 0 Å². The van der Waals surface area contributed by atoms with Gasteiger partial charge in [-0.1, -0.05) is 18.2 Å². The molecule has 0 amide bonds. The highest BCUT2D eigenvalue weighted by atomic mass is 16.5. The van der Waals surface area contributed by atoms with Crippen molar-refractivity contribution >= 4 is 6.47 Å². The van der Waals surface area contributed by atoms with Gasteiger partial charge in [-0.25, -0.2) is 0 Å². The topological polar surface area (TPSA) is 26.3 Å². The van der Waals surface area contributed by atoms with Crippen molar-refractivity contribution in [2.24, 2.45) is 0 Å². The maximum Gasteiger partial charge on any atom is 0.293 e. The van der Waals surface area contributed by atoms with Crippen molar-refractivity contribution in [3.05, 3.63) is 24.3 Å². The lowest BCUT2D eigenvalue weighted by Gasteiger charge is -1.85. The Bertz CT molecular complexity index is 114. The first-order valence-electron chi connectivity index (χ1n) is 2.75. The molecular weight excluding hydrogens is 116 g/mol. The Morgan fingerprint density at radius 3 is 2.78 bits per heavy atom. The summed E-state index contributed by atoms with van der Waals surface area (Å²) in [5.41, 5.74) is 0. The Morgan fingerprint density at radius 2 is 2.22 bits per heavy atom. The summed E-state index contributed by atoms with van der Waals surface area (Å²) in [6.45, 7) is 2.71. The van der Waals surface area contributed by atoms with Gasteiger partial charge < -0.3 is 4.74 Å². The van der Waals surface area contributed by atoms with Gasteiger partial charge in [0, 0.05) is 0 Å². The molecule has 0 saturated carbocycles. The number of allylic oxidation sites excluding steroid dienone is 3. The van der Waals surface area contributed by atoms with Gasteiger partial charge >= 0.3 is 0 Å². The minimum Gasteiger partial charge on any atom is -0.464 e. The normalized spacial score (nSPS) is 10.8. The van der Waals surface area contributed by atoms with Gasteiger partial charge in [-0.2, -0.15) is 0 Å². The van der Waals surface area contributed by atoms with E-state index in [1.54, 1.807) is 6.08 Å². The molecule has 0 unspecified atom stereocenters. The molecule has 2 heteroatoms. The van der Waals surface area contributed by atoms with Crippen LogP contribution in [0.5, 0.6) is 0 Å². The molecule has 50 valence electrons. The second-order valence-corrected chi connectivity index (χ2v) is 1.38. The Kier molecular flexibility index (Phi) is 6.14. The predicted molar refractivity (Wildman–Crippen MR) is 36.0 cm³/mol. The lowest BCUT2D eigenvalue weighted by molar-refractivity contribution is -0.127. The number of hydrogen-bond donors (Lipinski definition) is 0. The van der Waals surface area contributed by atoms with Gasteiger partial charge in [0.25, 0.3) is 6.47 Å². The van der Waals surface area contributed by atoms with E-state index in [-0.39, 0.29) is 0 Å². The smallest absolute Gasteiger partial charge is 0.293 e. The Hall–Kier alpha value is -1.05. The lowest BCUT2D eigenvalue weighted by Crippen LogP contribution is -1.84. The minimum atomic E-state index is 0.355. The van der Waals surface area contributed by atoms with Crippen molar-refractivity contribution < 1.29 is 9.53 Å². The summed E-state index contributed by atoms with van der Waals surface area (Å²) in [6, 6.07) is 0. The highest BCUT2D eigenvalue weighted by Crippen LogP contribution is 1.76. The standard InChI is InChI=1S/C7H10O2/c1-2-3-4-5-6-9-7-8/h2-5,7H,6H2,1H3. The van der Waals surface area contributed by atoms with Gasteiger partial charge in [-0.3, -0.25) is 4.79 Å². The molecule has 0 aromatic heterocycles. The molecule has 0 aromatic rings. The number of ether oxygens (including phenoxy) is 1. The van der Waals surface area contributed by atoms with E-state index < -0.39 is 0 Å². The average Bonchev–Trinajstić information content (AvgIpc) is 1.89. The summed E-state index contributed by atoms with van der Waals surface area (Å²) < 4.78 is 4.38. The molecule has 0 N–H and O–H groups in total. The van der Waals surface area contributed by atoms with Crippen LogP contribution in [0, 0.1) is 0 Å². The highest BCUT2D eigenvalue weighted by Gasteiger charge is 1.70. The van der Waals surface area contributed by atoms with Gasteiger partial charge in [0.2, 0.25) is 0 Å². The zero-order valence-corrected chi connectivity index (χ0v) is 5.41. The first kappa shape index (κ1) is 7.95. The first-order valence-corrected chi connectivity index (χ1v) is 2.75. The first-order chi connectivity index (χ1) is 4.41. The molecule has 0 fully saturated rings. The summed E-state index contributed by atoms with van der Waals surface area (Å²) in [7, 11) is 0. The van der Waals surface area contributed by atoms with Crippen LogP contribution in [0.2, 0.25) is 0 Å². The van der Waals surface area contributed by atoms with E-state index >= 15 is 0 Å². The second-order valence-electron chi connectivity index (χ2n) is 1.38. The predicted octanol–water partition coefficient (Wildman–Crippen LogP) is 1.29. The zero-order chi connectivity index (χ0) is 6.95. The Morgan fingerprint density at radius 1 is 1.44 bits per heavy atom. The molecule has 0 bridgehead atoms. The van der Waals surface area contributed by atoms with E-state index in [9.17, 15) is 4.79 Å². The fourth-order valence-corrected chi connectivity index (χ4v) is 0.340. The van der Waals surface area contributed by atoms with E-state index in [4.69, 9.17) is 0 Å². The van der Waals surface area contributed by atoms with Crippen molar-refractivity contribution in [1.82, 2.24) is 0 Å². The number of hydrogen-bond acceptors (Lipinski definition) is 2. The number of carbonyl (C=O) groups excluding carboxylic acids is 1. The van der Waals surface area contributed by atoms with Crippen LogP contribution in [0.15, 0.2) is 24.3 Å². The highest BCUT2D eigenvalue weighted by molar-refractivity contribution is 5.37. The average molecular weight is 126 g/mol. The van der Waals surface area contributed by atoms with E-state index in [2.05, 4.69) is 4.74 Å². The fourth-order valence-electron chi connectivity index (χ4n) is 0.340. The summed E-state index contributed by atoms with van der Waals surface area (Å²) in [5, 5.41) is 0. The van der Waals surface area contributed by atoms with Crippen molar-refractivity contribution in [3.8, 4) is 0 Å². The fraction of sp³-hybridized carbons (Fsp3) is 0.286. The third-order valence-electron chi connectivity index (χ3n) is 0.700.